The molecule has 142 valence electrons. The summed E-state index contributed by atoms with van der Waals surface area (Å²) in [6, 6.07) is 11.6. The number of hydrogen-bond acceptors (Lipinski definition) is 5. The Bertz CT molecular complexity index is 823. The molecule has 0 aliphatic carbocycles. The van der Waals surface area contributed by atoms with Crippen LogP contribution in [0, 0.1) is 0 Å². The number of hydrazone groups is 1. The number of amides is 1. The number of carbonyl (C=O) groups excluding carboxylic acids is 2. The van der Waals surface area contributed by atoms with Crippen LogP contribution in [0.1, 0.15) is 28.8 Å². The second kappa shape index (κ2) is 10.5. The van der Waals surface area contributed by atoms with E-state index in [1.807, 2.05) is 0 Å². The molecule has 2 rings (SSSR count). The quantitative estimate of drug-likeness (QED) is 0.308. The van der Waals surface area contributed by atoms with Gasteiger partial charge in [-0.15, -0.1) is 0 Å². The molecule has 2 aromatic carbocycles. The molecule has 0 aromatic heterocycles. The highest BCUT2D eigenvalue weighted by molar-refractivity contribution is 6.35. The number of methoxy groups -OCH3 is 1. The number of carbonyl (C=O) groups is 2. The zero-order chi connectivity index (χ0) is 19.6. The average Bonchev–Trinajstić information content (AvgIpc) is 2.66. The van der Waals surface area contributed by atoms with Crippen molar-refractivity contribution >= 4 is 41.3 Å². The summed E-state index contributed by atoms with van der Waals surface area (Å²) in [5.74, 6) is -0.118. The molecular weight excluding hydrogens is 391 g/mol. The minimum Gasteiger partial charge on any atom is -0.492 e. The van der Waals surface area contributed by atoms with E-state index in [0.29, 0.717) is 34.4 Å². The summed E-state index contributed by atoms with van der Waals surface area (Å²) in [6.07, 6.45) is 2.25. The molecular formula is C19H18Cl2N2O4. The molecule has 8 heteroatoms. The van der Waals surface area contributed by atoms with Crippen LogP contribution in [0.4, 0.5) is 0 Å². The molecule has 0 saturated heterocycles. The highest BCUT2D eigenvalue weighted by Crippen LogP contribution is 2.27. The molecule has 0 heterocycles. The Labute approximate surface area is 167 Å². The van der Waals surface area contributed by atoms with Crippen molar-refractivity contribution in [3.05, 3.63) is 63.6 Å². The van der Waals surface area contributed by atoms with Crippen LogP contribution >= 0.6 is 23.2 Å². The summed E-state index contributed by atoms with van der Waals surface area (Å²) in [7, 11) is 1.32. The van der Waals surface area contributed by atoms with Gasteiger partial charge in [0.15, 0.2) is 0 Å². The number of esters is 1. The average molecular weight is 409 g/mol. The molecule has 0 spiro atoms. The van der Waals surface area contributed by atoms with Crippen LogP contribution in [0.25, 0.3) is 0 Å². The maximum atomic E-state index is 11.8. The van der Waals surface area contributed by atoms with Gasteiger partial charge in [0.2, 0.25) is 5.91 Å². The topological polar surface area (TPSA) is 77.0 Å². The molecule has 0 bridgehead atoms. The van der Waals surface area contributed by atoms with Crippen LogP contribution in [0.3, 0.4) is 0 Å². The summed E-state index contributed by atoms with van der Waals surface area (Å²) < 4.78 is 10.1. The molecule has 0 aliphatic heterocycles. The molecule has 0 unspecified atom stereocenters. The van der Waals surface area contributed by atoms with Gasteiger partial charge in [-0.2, -0.15) is 5.10 Å². The van der Waals surface area contributed by atoms with E-state index in [1.165, 1.54) is 13.3 Å². The minimum absolute atomic E-state index is 0.233. The maximum Gasteiger partial charge on any atom is 0.337 e. The summed E-state index contributed by atoms with van der Waals surface area (Å²) >= 11 is 11.8. The van der Waals surface area contributed by atoms with Gasteiger partial charge < -0.3 is 9.47 Å². The van der Waals surface area contributed by atoms with Gasteiger partial charge >= 0.3 is 5.97 Å². The first-order chi connectivity index (χ1) is 13.0. The molecule has 0 radical (unpaired) electrons. The molecule has 0 aliphatic rings. The number of benzene rings is 2. The highest BCUT2D eigenvalue weighted by atomic mass is 35.5. The molecule has 0 atom stereocenters. The van der Waals surface area contributed by atoms with Crippen LogP contribution in [-0.4, -0.2) is 31.8 Å². The summed E-state index contributed by atoms with van der Waals surface area (Å²) in [5, 5.41) is 4.84. The maximum absolute atomic E-state index is 11.8. The normalized spacial score (nSPS) is 10.6. The van der Waals surface area contributed by atoms with Gasteiger partial charge in [-0.05, 0) is 42.3 Å². The Morgan fingerprint density at radius 1 is 1.15 bits per heavy atom. The zero-order valence-corrected chi connectivity index (χ0v) is 16.1. The molecule has 2 aromatic rings. The first-order valence-corrected chi connectivity index (χ1v) is 8.83. The first-order valence-electron chi connectivity index (χ1n) is 8.07. The largest absolute Gasteiger partial charge is 0.492 e. The Morgan fingerprint density at radius 3 is 2.56 bits per heavy atom. The lowest BCUT2D eigenvalue weighted by atomic mass is 10.1. The first kappa shape index (κ1) is 20.7. The van der Waals surface area contributed by atoms with E-state index < -0.39 is 5.97 Å². The van der Waals surface area contributed by atoms with Crippen LogP contribution < -0.4 is 10.2 Å². The second-order valence-electron chi connectivity index (χ2n) is 5.43. The number of nitrogens with zero attached hydrogens (tertiary/aromatic N) is 1. The van der Waals surface area contributed by atoms with Crippen molar-refractivity contribution in [3.8, 4) is 5.75 Å². The molecule has 6 nitrogen and oxygen atoms in total. The monoisotopic (exact) mass is 408 g/mol. The summed E-state index contributed by atoms with van der Waals surface area (Å²) in [5.41, 5.74) is 3.62. The number of ether oxygens (including phenoxy) is 2. The van der Waals surface area contributed by atoms with Crippen LogP contribution in [0.2, 0.25) is 10.0 Å². The van der Waals surface area contributed by atoms with E-state index in [-0.39, 0.29) is 12.3 Å². The fourth-order valence-electron chi connectivity index (χ4n) is 2.06. The van der Waals surface area contributed by atoms with Gasteiger partial charge in [0.25, 0.3) is 0 Å². The Hall–Kier alpha value is -2.57. The molecule has 1 N–H and O–H groups in total. The van der Waals surface area contributed by atoms with Crippen molar-refractivity contribution < 1.29 is 19.1 Å². The number of nitrogens with one attached hydrogen (secondary N) is 1. The fourth-order valence-corrected chi connectivity index (χ4v) is 2.53. The number of hydrogen-bond donors (Lipinski definition) is 1. The van der Waals surface area contributed by atoms with Gasteiger partial charge in [-0.25, -0.2) is 10.2 Å². The lowest BCUT2D eigenvalue weighted by Gasteiger charge is -2.07. The van der Waals surface area contributed by atoms with Gasteiger partial charge in [0, 0.05) is 11.4 Å². The molecule has 27 heavy (non-hydrogen) atoms. The lowest BCUT2D eigenvalue weighted by Crippen LogP contribution is -2.18. The van der Waals surface area contributed by atoms with E-state index in [9.17, 15) is 9.59 Å². The van der Waals surface area contributed by atoms with Gasteiger partial charge in [0.05, 0.1) is 30.5 Å². The van der Waals surface area contributed by atoms with E-state index in [1.54, 1.807) is 42.5 Å². The van der Waals surface area contributed by atoms with Crippen molar-refractivity contribution in [2.24, 2.45) is 5.10 Å². The van der Waals surface area contributed by atoms with E-state index in [2.05, 4.69) is 15.3 Å². The van der Waals surface area contributed by atoms with Crippen LogP contribution in [0.15, 0.2) is 47.6 Å². The second-order valence-corrected chi connectivity index (χ2v) is 6.28. The summed E-state index contributed by atoms with van der Waals surface area (Å²) in [6.45, 7) is 0.341. The van der Waals surface area contributed by atoms with Gasteiger partial charge in [-0.1, -0.05) is 35.3 Å². The van der Waals surface area contributed by atoms with Crippen LogP contribution in [-0.2, 0) is 9.53 Å². The summed E-state index contributed by atoms with van der Waals surface area (Å²) in [4.78, 5) is 23.1. The van der Waals surface area contributed by atoms with Crippen molar-refractivity contribution in [2.45, 2.75) is 12.8 Å². The molecule has 0 fully saturated rings. The fraction of sp³-hybridized carbons (Fsp3) is 0.211. The molecule has 0 saturated carbocycles. The SMILES string of the molecule is COC(=O)c1ccc(/C=N/NC(=O)CCCOc2ccc(Cl)cc2Cl)cc1. The predicted molar refractivity (Wildman–Crippen MR) is 105 cm³/mol. The number of rotatable bonds is 8. The van der Waals surface area contributed by atoms with Crippen molar-refractivity contribution in [1.29, 1.82) is 0 Å². The third-order valence-corrected chi connectivity index (χ3v) is 3.96. The Morgan fingerprint density at radius 2 is 1.89 bits per heavy atom. The van der Waals surface area contributed by atoms with Crippen molar-refractivity contribution in [1.82, 2.24) is 5.43 Å². The molecule has 1 amide bonds. The lowest BCUT2D eigenvalue weighted by molar-refractivity contribution is -0.121. The van der Waals surface area contributed by atoms with Gasteiger partial charge in [-0.3, -0.25) is 4.79 Å². The van der Waals surface area contributed by atoms with E-state index >= 15 is 0 Å². The third-order valence-electron chi connectivity index (χ3n) is 3.43. The van der Waals surface area contributed by atoms with Crippen molar-refractivity contribution in [2.75, 3.05) is 13.7 Å². The standard InChI is InChI=1S/C19H18Cl2N2O4/c1-26-19(25)14-6-4-13(5-7-14)12-22-23-18(24)3-2-10-27-17-9-8-15(20)11-16(17)21/h4-9,11-12H,2-3,10H2,1H3,(H,23,24)/b22-12+. The predicted octanol–water partition coefficient (Wildman–Crippen LogP) is 4.09. The highest BCUT2D eigenvalue weighted by Gasteiger charge is 2.05. The van der Waals surface area contributed by atoms with Crippen LogP contribution in [0.5, 0.6) is 5.75 Å². The zero-order valence-electron chi connectivity index (χ0n) is 14.6. The van der Waals surface area contributed by atoms with E-state index in [0.717, 1.165) is 5.56 Å². The Kier molecular flexibility index (Phi) is 8.10. The van der Waals surface area contributed by atoms with Gasteiger partial charge in [0.1, 0.15) is 5.75 Å². The Balaban J connectivity index is 1.69. The third kappa shape index (κ3) is 6.92. The minimum atomic E-state index is -0.408. The smallest absolute Gasteiger partial charge is 0.337 e. The van der Waals surface area contributed by atoms with Crippen molar-refractivity contribution in [3.63, 3.8) is 0 Å². The number of halogens is 2. The van der Waals surface area contributed by atoms with E-state index in [4.69, 9.17) is 27.9 Å².